The lowest BCUT2D eigenvalue weighted by Gasteiger charge is -2.15. The maximum absolute atomic E-state index is 5.13. The van der Waals surface area contributed by atoms with Crippen LogP contribution < -0.4 is 0 Å². The standard InChI is InChI=1S/C4H9B6/c1-4(2,3)6-8-10-9-7-5/h1-3H3. The molecule has 0 N–H and O–H groups in total. The minimum absolute atomic E-state index is 0.263. The molecule has 43 valence electrons. The van der Waals surface area contributed by atoms with Crippen LogP contribution in [0, 0.1) is 0 Å². The van der Waals surface area contributed by atoms with Gasteiger partial charge in [-0.3, -0.25) is 0 Å². The second-order valence-electron chi connectivity index (χ2n) is 3.30. The minimum Gasteiger partial charge on any atom is -0.0752 e. The summed E-state index contributed by atoms with van der Waals surface area (Å²) < 4.78 is 0. The quantitative estimate of drug-likeness (QED) is 0.347. The molecule has 0 saturated heterocycles. The van der Waals surface area contributed by atoms with Crippen LogP contribution in [0.1, 0.15) is 20.8 Å². The fourth-order valence-electron chi connectivity index (χ4n) is 0.473. The van der Waals surface area contributed by atoms with E-state index in [0.29, 0.717) is 0 Å². The third-order valence-corrected chi connectivity index (χ3v) is 0.930. The highest BCUT2D eigenvalue weighted by atomic mass is 13.9. The first-order valence-electron chi connectivity index (χ1n) is 3.46. The van der Waals surface area contributed by atoms with Gasteiger partial charge in [-0.25, -0.2) is 0 Å². The van der Waals surface area contributed by atoms with Crippen molar-refractivity contribution in [1.82, 2.24) is 0 Å². The van der Waals surface area contributed by atoms with Gasteiger partial charge in [0.1, 0.15) is 0 Å². The van der Waals surface area contributed by atoms with E-state index in [9.17, 15) is 0 Å². The monoisotopic (exact) mass is 123 g/mol. The molecule has 0 rings (SSSR count). The van der Waals surface area contributed by atoms with E-state index in [0.717, 1.165) is 0 Å². The molecule has 0 aliphatic carbocycles. The SMILES string of the molecule is [B][B][B][B][B][B]C(C)(C)C. The molecule has 7 radical (unpaired) electrons. The van der Waals surface area contributed by atoms with Crippen molar-refractivity contribution in [3.05, 3.63) is 0 Å². The summed E-state index contributed by atoms with van der Waals surface area (Å²) in [5.74, 6) is 0. The zero-order chi connectivity index (χ0) is 8.04. The smallest absolute Gasteiger partial charge is 0.0619 e. The van der Waals surface area contributed by atoms with E-state index in [2.05, 4.69) is 27.9 Å². The molecule has 0 nitrogen and oxygen atoms in total. The minimum atomic E-state index is 0.263. The predicted octanol–water partition coefficient (Wildman–Crippen LogP) is -0.531. The van der Waals surface area contributed by atoms with Crippen LogP contribution in [0.15, 0.2) is 0 Å². The van der Waals surface area contributed by atoms with Crippen LogP contribution in [-0.2, 0) is 0 Å². The van der Waals surface area contributed by atoms with Crippen molar-refractivity contribution in [1.29, 1.82) is 0 Å². The Balaban J connectivity index is 3.04. The summed E-state index contributed by atoms with van der Waals surface area (Å²) in [7, 11) is 14.5. The Kier molecular flexibility index (Phi) is 5.29. The molecule has 0 atom stereocenters. The molecule has 0 aromatic rings. The van der Waals surface area contributed by atoms with E-state index in [-0.39, 0.29) is 5.31 Å². The van der Waals surface area contributed by atoms with Gasteiger partial charge < -0.3 is 0 Å². The van der Waals surface area contributed by atoms with Gasteiger partial charge in [0, 0.05) is 36.0 Å². The molecule has 0 aliphatic heterocycles. The fourth-order valence-corrected chi connectivity index (χ4v) is 0.473. The van der Waals surface area contributed by atoms with E-state index >= 15 is 0 Å². The first kappa shape index (κ1) is 10.4. The lowest BCUT2D eigenvalue weighted by Crippen LogP contribution is -2.27. The molecule has 0 spiro atoms. The summed E-state index contributed by atoms with van der Waals surface area (Å²) >= 11 is 0. The molecular formula is C4H9B6. The highest BCUT2D eigenvalue weighted by Gasteiger charge is 2.09. The van der Waals surface area contributed by atoms with Crippen LogP contribution in [0.2, 0.25) is 5.31 Å². The molecule has 10 heavy (non-hydrogen) atoms. The Hall–Kier alpha value is 0.390. The number of hydrogen-bond acceptors (Lipinski definition) is 0. The third kappa shape index (κ3) is 8.39. The van der Waals surface area contributed by atoms with Crippen LogP contribution in [0.25, 0.3) is 0 Å². The van der Waals surface area contributed by atoms with Crippen LogP contribution in [0.4, 0.5) is 0 Å². The van der Waals surface area contributed by atoms with Gasteiger partial charge in [-0.05, 0) is 0 Å². The molecule has 0 aromatic carbocycles. The predicted molar refractivity (Wildman–Crippen MR) is 54.2 cm³/mol. The maximum Gasteiger partial charge on any atom is 0.0619 e. The van der Waals surface area contributed by atoms with Crippen molar-refractivity contribution in [3.8, 4) is 0 Å². The van der Waals surface area contributed by atoms with Gasteiger partial charge >= 0.3 is 0 Å². The lowest BCUT2D eigenvalue weighted by molar-refractivity contribution is 0.763. The van der Waals surface area contributed by atoms with Crippen LogP contribution in [0.3, 0.4) is 0 Å². The average Bonchev–Trinajstić information content (AvgIpc) is 1.78. The van der Waals surface area contributed by atoms with Crippen molar-refractivity contribution in [3.63, 3.8) is 0 Å². The van der Waals surface area contributed by atoms with E-state index in [1.807, 2.05) is 21.2 Å². The van der Waals surface area contributed by atoms with Crippen LogP contribution in [-0.4, -0.2) is 43.2 Å². The molecule has 0 fully saturated rings. The van der Waals surface area contributed by atoms with Crippen molar-refractivity contribution < 1.29 is 0 Å². The lowest BCUT2D eigenvalue weighted by atomic mass is 8.97. The Bertz CT molecular complexity index is 76.3. The van der Waals surface area contributed by atoms with E-state index in [1.54, 1.807) is 0 Å². The second-order valence-corrected chi connectivity index (χ2v) is 3.30. The zero-order valence-electron chi connectivity index (χ0n) is 6.96. The maximum atomic E-state index is 5.13. The normalized spacial score (nSPS) is 9.90. The summed E-state index contributed by atoms with van der Waals surface area (Å²) in [5, 5.41) is 0.263. The molecule has 0 amide bonds. The molecule has 0 aromatic heterocycles. The summed E-state index contributed by atoms with van der Waals surface area (Å²) in [6.45, 7) is 6.47. The van der Waals surface area contributed by atoms with Gasteiger partial charge in [0.05, 0.1) is 7.17 Å². The van der Waals surface area contributed by atoms with Gasteiger partial charge in [0.2, 0.25) is 0 Å². The van der Waals surface area contributed by atoms with Gasteiger partial charge in [0.25, 0.3) is 0 Å². The Labute approximate surface area is 69.8 Å². The summed E-state index contributed by atoms with van der Waals surface area (Å²) in [6.07, 6.45) is 0. The summed E-state index contributed by atoms with van der Waals surface area (Å²) in [4.78, 5) is 0. The Morgan fingerprint density at radius 2 is 1.60 bits per heavy atom. The average molecular weight is 122 g/mol. The topological polar surface area (TPSA) is 0 Å². The molecule has 6 heteroatoms. The van der Waals surface area contributed by atoms with E-state index in [4.69, 9.17) is 7.74 Å². The van der Waals surface area contributed by atoms with E-state index in [1.165, 1.54) is 7.06 Å². The molecule has 0 bridgehead atoms. The molecule has 0 saturated carbocycles. The molecular weight excluding hydrogens is 113 g/mol. The molecule has 0 heterocycles. The summed E-state index contributed by atoms with van der Waals surface area (Å²) in [5.41, 5.74) is 0. The highest BCUT2D eigenvalue weighted by molar-refractivity contribution is 7.57. The van der Waals surface area contributed by atoms with Gasteiger partial charge in [-0.15, -0.1) is 0 Å². The Morgan fingerprint density at radius 1 is 1.00 bits per heavy atom. The highest BCUT2D eigenvalue weighted by Crippen LogP contribution is 2.18. The molecule has 0 aliphatic rings. The zero-order valence-corrected chi connectivity index (χ0v) is 6.96. The van der Waals surface area contributed by atoms with E-state index < -0.39 is 0 Å². The number of rotatable bonds is 4. The van der Waals surface area contributed by atoms with Gasteiger partial charge in [-0.2, -0.15) is 0 Å². The second kappa shape index (κ2) is 5.09. The Morgan fingerprint density at radius 3 is 2.00 bits per heavy atom. The molecule has 0 unspecified atom stereocenters. The van der Waals surface area contributed by atoms with Crippen molar-refractivity contribution in [2.45, 2.75) is 26.1 Å². The summed E-state index contributed by atoms with van der Waals surface area (Å²) in [6, 6.07) is 0. The first-order chi connectivity index (χ1) is 4.56. The number of hydrogen-bond donors (Lipinski definition) is 0. The van der Waals surface area contributed by atoms with Gasteiger partial charge in [0.15, 0.2) is 0 Å². The van der Waals surface area contributed by atoms with Crippen molar-refractivity contribution in [2.75, 3.05) is 0 Å². The van der Waals surface area contributed by atoms with Crippen LogP contribution in [0.5, 0.6) is 0 Å². The van der Waals surface area contributed by atoms with Crippen LogP contribution >= 0.6 is 0 Å². The largest absolute Gasteiger partial charge is 0.0752 e. The fraction of sp³-hybridized carbons (Fsp3) is 1.00. The van der Waals surface area contributed by atoms with Gasteiger partial charge in [-0.1, -0.05) is 26.1 Å². The third-order valence-electron chi connectivity index (χ3n) is 0.930. The first-order valence-corrected chi connectivity index (χ1v) is 3.46. The van der Waals surface area contributed by atoms with Crippen molar-refractivity contribution in [2.24, 2.45) is 0 Å². The van der Waals surface area contributed by atoms with Crippen molar-refractivity contribution >= 4 is 43.2 Å².